The lowest BCUT2D eigenvalue weighted by atomic mass is 9.93. The maximum absolute atomic E-state index is 11.3. The summed E-state index contributed by atoms with van der Waals surface area (Å²) in [5.74, 6) is 0.0850. The zero-order chi connectivity index (χ0) is 11.7. The largest absolute Gasteiger partial charge is 0.290 e. The summed E-state index contributed by atoms with van der Waals surface area (Å²) in [4.78, 5) is 22.5. The molecule has 0 N–H and O–H groups in total. The molecule has 2 heteroatoms. The Hall–Kier alpha value is -1.96. The van der Waals surface area contributed by atoms with Crippen LogP contribution < -0.4 is 0 Å². The van der Waals surface area contributed by atoms with E-state index in [0.29, 0.717) is 0 Å². The standard InChI is InChI=1S/C14H12O2/c1-9-7-11(3-5-13(9)15)12-4-6-14(16)10(2)8-12/h3-8H,1-2H3/b12-11-. The summed E-state index contributed by atoms with van der Waals surface area (Å²) < 4.78 is 0. The molecule has 0 fully saturated rings. The van der Waals surface area contributed by atoms with Crippen molar-refractivity contribution >= 4 is 11.6 Å². The molecule has 0 unspecified atom stereocenters. The summed E-state index contributed by atoms with van der Waals surface area (Å²) >= 11 is 0. The monoisotopic (exact) mass is 212 g/mol. The Morgan fingerprint density at radius 2 is 1.06 bits per heavy atom. The van der Waals surface area contributed by atoms with E-state index in [2.05, 4.69) is 0 Å². The average Bonchev–Trinajstić information content (AvgIpc) is 2.26. The van der Waals surface area contributed by atoms with E-state index in [-0.39, 0.29) is 11.6 Å². The Kier molecular flexibility index (Phi) is 2.57. The third-order valence-corrected chi connectivity index (χ3v) is 2.68. The number of hydrogen-bond donors (Lipinski definition) is 0. The number of allylic oxidation sites excluding steroid dienone is 10. The van der Waals surface area contributed by atoms with Crippen molar-refractivity contribution in [1.29, 1.82) is 0 Å². The highest BCUT2D eigenvalue weighted by molar-refractivity contribution is 6.07. The van der Waals surface area contributed by atoms with E-state index >= 15 is 0 Å². The van der Waals surface area contributed by atoms with Gasteiger partial charge in [-0.25, -0.2) is 0 Å². The van der Waals surface area contributed by atoms with E-state index < -0.39 is 0 Å². The van der Waals surface area contributed by atoms with Gasteiger partial charge in [0.25, 0.3) is 0 Å². The number of ketones is 2. The molecule has 0 aromatic heterocycles. The first-order valence-corrected chi connectivity index (χ1v) is 5.13. The topological polar surface area (TPSA) is 34.1 Å². The fourth-order valence-corrected chi connectivity index (χ4v) is 1.66. The van der Waals surface area contributed by atoms with Crippen molar-refractivity contribution in [2.24, 2.45) is 0 Å². The molecule has 0 aromatic rings. The van der Waals surface area contributed by atoms with Gasteiger partial charge in [0.2, 0.25) is 0 Å². The van der Waals surface area contributed by atoms with E-state index in [9.17, 15) is 9.59 Å². The average molecular weight is 212 g/mol. The molecule has 0 saturated carbocycles. The highest BCUT2D eigenvalue weighted by atomic mass is 16.1. The van der Waals surface area contributed by atoms with Crippen LogP contribution in [0.3, 0.4) is 0 Å². The minimum Gasteiger partial charge on any atom is -0.290 e. The van der Waals surface area contributed by atoms with Gasteiger partial charge in [0, 0.05) is 0 Å². The molecule has 0 bridgehead atoms. The lowest BCUT2D eigenvalue weighted by Crippen LogP contribution is -2.04. The SMILES string of the molecule is CC1=C/C(=C2/C=CC(=O)C(C)=C2)C=CC1=O. The summed E-state index contributed by atoms with van der Waals surface area (Å²) in [6.07, 6.45) is 10.4. The van der Waals surface area contributed by atoms with Gasteiger partial charge in [-0.1, -0.05) is 12.2 Å². The minimum atomic E-state index is 0.0425. The molecule has 0 radical (unpaired) electrons. The van der Waals surface area contributed by atoms with Crippen molar-refractivity contribution < 1.29 is 9.59 Å². The van der Waals surface area contributed by atoms with Crippen LogP contribution in [0.15, 0.2) is 58.7 Å². The molecule has 0 heterocycles. The molecule has 2 rings (SSSR count). The highest BCUT2D eigenvalue weighted by Crippen LogP contribution is 2.22. The zero-order valence-corrected chi connectivity index (χ0v) is 9.28. The first kappa shape index (κ1) is 10.6. The fraction of sp³-hybridized carbons (Fsp3) is 0.143. The lowest BCUT2D eigenvalue weighted by molar-refractivity contribution is -0.112. The van der Waals surface area contributed by atoms with Gasteiger partial charge in [-0.05, 0) is 60.4 Å². The molecule has 0 amide bonds. The minimum absolute atomic E-state index is 0.0425. The van der Waals surface area contributed by atoms with Gasteiger partial charge in [-0.3, -0.25) is 9.59 Å². The van der Waals surface area contributed by atoms with Crippen LogP contribution >= 0.6 is 0 Å². The smallest absolute Gasteiger partial charge is 0.181 e. The quantitative estimate of drug-likeness (QED) is 0.618. The van der Waals surface area contributed by atoms with Crippen LogP contribution in [0.1, 0.15) is 13.8 Å². The van der Waals surface area contributed by atoms with Gasteiger partial charge in [0.15, 0.2) is 11.6 Å². The molecule has 16 heavy (non-hydrogen) atoms. The second kappa shape index (κ2) is 3.89. The van der Waals surface area contributed by atoms with Gasteiger partial charge in [0.1, 0.15) is 0 Å². The lowest BCUT2D eigenvalue weighted by Gasteiger charge is -2.10. The maximum atomic E-state index is 11.3. The van der Waals surface area contributed by atoms with E-state index in [0.717, 1.165) is 22.3 Å². The predicted octanol–water partition coefficient (Wildman–Crippen LogP) is 2.45. The third-order valence-electron chi connectivity index (χ3n) is 2.68. The molecule has 0 spiro atoms. The summed E-state index contributed by atoms with van der Waals surface area (Å²) in [6.45, 7) is 3.58. The van der Waals surface area contributed by atoms with Crippen molar-refractivity contribution in [2.75, 3.05) is 0 Å². The molecule has 2 nitrogen and oxygen atoms in total. The van der Waals surface area contributed by atoms with E-state index in [1.807, 2.05) is 12.2 Å². The van der Waals surface area contributed by atoms with Gasteiger partial charge >= 0.3 is 0 Å². The third kappa shape index (κ3) is 1.87. The Bertz CT molecular complexity index is 475. The van der Waals surface area contributed by atoms with Gasteiger partial charge < -0.3 is 0 Å². The van der Waals surface area contributed by atoms with Crippen LogP contribution in [0, 0.1) is 0 Å². The summed E-state index contributed by atoms with van der Waals surface area (Å²) in [7, 11) is 0. The zero-order valence-electron chi connectivity index (χ0n) is 9.28. The van der Waals surface area contributed by atoms with Crippen LogP contribution in [0.5, 0.6) is 0 Å². The van der Waals surface area contributed by atoms with Crippen LogP contribution in [-0.2, 0) is 9.59 Å². The van der Waals surface area contributed by atoms with Crippen molar-refractivity contribution in [3.8, 4) is 0 Å². The molecule has 0 saturated heterocycles. The summed E-state index contributed by atoms with van der Waals surface area (Å²) in [5, 5.41) is 0. The second-order valence-corrected chi connectivity index (χ2v) is 3.96. The predicted molar refractivity (Wildman–Crippen MR) is 62.8 cm³/mol. The Labute approximate surface area is 94.3 Å². The second-order valence-electron chi connectivity index (χ2n) is 3.96. The van der Waals surface area contributed by atoms with Crippen LogP contribution in [0.25, 0.3) is 0 Å². The van der Waals surface area contributed by atoms with Crippen molar-refractivity contribution in [3.63, 3.8) is 0 Å². The summed E-state index contributed by atoms with van der Waals surface area (Å²) in [5.41, 5.74) is 3.39. The molecule has 0 aromatic carbocycles. The van der Waals surface area contributed by atoms with Crippen molar-refractivity contribution in [2.45, 2.75) is 13.8 Å². The first-order valence-electron chi connectivity index (χ1n) is 5.13. The van der Waals surface area contributed by atoms with Crippen LogP contribution in [0.2, 0.25) is 0 Å². The molecular weight excluding hydrogens is 200 g/mol. The van der Waals surface area contributed by atoms with E-state index in [1.165, 1.54) is 0 Å². The van der Waals surface area contributed by atoms with Gasteiger partial charge in [0.05, 0.1) is 0 Å². The maximum Gasteiger partial charge on any atom is 0.181 e. The number of carbonyl (C=O) groups excluding carboxylic acids is 2. The van der Waals surface area contributed by atoms with Crippen LogP contribution in [0.4, 0.5) is 0 Å². The fourth-order valence-electron chi connectivity index (χ4n) is 1.66. The highest BCUT2D eigenvalue weighted by Gasteiger charge is 2.11. The van der Waals surface area contributed by atoms with E-state index in [4.69, 9.17) is 0 Å². The molecule has 2 aliphatic rings. The molecule has 80 valence electrons. The van der Waals surface area contributed by atoms with Gasteiger partial charge in [-0.15, -0.1) is 0 Å². The Morgan fingerprint density at radius 3 is 1.38 bits per heavy atom. The summed E-state index contributed by atoms with van der Waals surface area (Å²) in [6, 6.07) is 0. The van der Waals surface area contributed by atoms with E-state index in [1.54, 1.807) is 38.2 Å². The first-order chi connectivity index (χ1) is 7.58. The molecule has 0 aliphatic heterocycles. The normalized spacial score (nSPS) is 24.6. The Morgan fingerprint density at radius 1 is 0.688 bits per heavy atom. The van der Waals surface area contributed by atoms with Crippen molar-refractivity contribution in [3.05, 3.63) is 58.7 Å². The van der Waals surface area contributed by atoms with Crippen LogP contribution in [-0.4, -0.2) is 11.6 Å². The number of rotatable bonds is 0. The number of carbonyl (C=O) groups is 2. The van der Waals surface area contributed by atoms with Crippen molar-refractivity contribution in [1.82, 2.24) is 0 Å². The number of hydrogen-bond acceptors (Lipinski definition) is 2. The van der Waals surface area contributed by atoms with Gasteiger partial charge in [-0.2, -0.15) is 0 Å². The molecule has 0 atom stereocenters. The molecular formula is C14H12O2. The molecule has 2 aliphatic carbocycles. The Balaban J connectivity index is 2.46.